The summed E-state index contributed by atoms with van der Waals surface area (Å²) in [6.07, 6.45) is 0. The predicted octanol–water partition coefficient (Wildman–Crippen LogP) is 1.72. The van der Waals surface area contributed by atoms with E-state index in [1.54, 1.807) is 11.0 Å². The van der Waals surface area contributed by atoms with Gasteiger partial charge in [0, 0.05) is 18.8 Å². The van der Waals surface area contributed by atoms with Gasteiger partial charge in [0.05, 0.1) is 7.05 Å². The maximum Gasteiger partial charge on any atom is 0.280 e. The molecular weight excluding hydrogens is 345 g/mol. The fourth-order valence-corrected chi connectivity index (χ4v) is 2.81. The lowest BCUT2D eigenvalue weighted by atomic mass is 10.2. The van der Waals surface area contributed by atoms with Crippen LogP contribution in [-0.2, 0) is 16.1 Å². The topological polar surface area (TPSA) is 53.9 Å². The summed E-state index contributed by atoms with van der Waals surface area (Å²) in [7, 11) is 1.81. The maximum atomic E-state index is 13.2. The summed E-state index contributed by atoms with van der Waals surface area (Å²) in [6, 6.07) is 15.2. The van der Waals surface area contributed by atoms with Crippen LogP contribution in [0, 0.1) is 5.82 Å². The molecule has 6 heteroatoms. The zero-order chi connectivity index (χ0) is 19.8. The second-order valence-corrected chi connectivity index (χ2v) is 6.64. The van der Waals surface area contributed by atoms with Gasteiger partial charge in [-0.3, -0.25) is 9.59 Å². The first-order chi connectivity index (χ1) is 12.9. The van der Waals surface area contributed by atoms with Crippen molar-refractivity contribution in [1.29, 1.82) is 0 Å². The molecule has 1 unspecified atom stereocenters. The highest BCUT2D eigenvalue weighted by atomic mass is 19.1. The molecule has 0 aliphatic carbocycles. The van der Waals surface area contributed by atoms with Crippen LogP contribution in [0.5, 0.6) is 0 Å². The zero-order valence-electron chi connectivity index (χ0n) is 16.0. The molecule has 0 radical (unpaired) electrons. The molecule has 144 valence electrons. The molecule has 0 aliphatic rings. The largest absolute Gasteiger partial charge is 0.334 e. The van der Waals surface area contributed by atoms with Crippen molar-refractivity contribution in [2.45, 2.75) is 26.4 Å². The molecule has 0 spiro atoms. The standard InChI is InChI=1S/C21H26FN3O2/c1-4-25(14-17-9-6-5-7-10-17)21(27)16(2)24(3)15-20(26)23-19-12-8-11-18(22)13-19/h5-13,16H,4,14-15H2,1-3H3,(H,23,26)/p+1/t16-/m1/s1. The fourth-order valence-electron chi connectivity index (χ4n) is 2.81. The van der Waals surface area contributed by atoms with Crippen LogP contribution < -0.4 is 10.2 Å². The summed E-state index contributed by atoms with van der Waals surface area (Å²) >= 11 is 0. The summed E-state index contributed by atoms with van der Waals surface area (Å²) in [5, 5.41) is 2.67. The Morgan fingerprint density at radius 2 is 1.85 bits per heavy atom. The van der Waals surface area contributed by atoms with Gasteiger partial charge in [0.25, 0.3) is 11.8 Å². The average Bonchev–Trinajstić information content (AvgIpc) is 2.65. The Kier molecular flexibility index (Phi) is 7.49. The number of hydrogen-bond donors (Lipinski definition) is 2. The molecule has 0 saturated heterocycles. The number of quaternary nitrogens is 1. The molecule has 27 heavy (non-hydrogen) atoms. The van der Waals surface area contributed by atoms with Crippen LogP contribution >= 0.6 is 0 Å². The molecule has 2 aromatic rings. The Morgan fingerprint density at radius 3 is 2.48 bits per heavy atom. The van der Waals surface area contributed by atoms with Crippen molar-refractivity contribution in [2.24, 2.45) is 0 Å². The van der Waals surface area contributed by atoms with Crippen molar-refractivity contribution in [3.8, 4) is 0 Å². The second kappa shape index (κ2) is 9.83. The van der Waals surface area contributed by atoms with E-state index in [2.05, 4.69) is 5.32 Å². The van der Waals surface area contributed by atoms with E-state index in [-0.39, 0.29) is 24.4 Å². The van der Waals surface area contributed by atoms with Crippen LogP contribution in [0.2, 0.25) is 0 Å². The summed E-state index contributed by atoms with van der Waals surface area (Å²) in [5.74, 6) is -0.669. The van der Waals surface area contributed by atoms with Gasteiger partial charge >= 0.3 is 0 Å². The summed E-state index contributed by atoms with van der Waals surface area (Å²) in [4.78, 5) is 27.6. The molecule has 2 amide bonds. The minimum atomic E-state index is -0.406. The Morgan fingerprint density at radius 1 is 1.15 bits per heavy atom. The number of anilines is 1. The minimum Gasteiger partial charge on any atom is -0.334 e. The number of carbonyl (C=O) groups is 2. The van der Waals surface area contributed by atoms with E-state index in [1.165, 1.54) is 18.2 Å². The highest BCUT2D eigenvalue weighted by Gasteiger charge is 2.27. The van der Waals surface area contributed by atoms with E-state index in [4.69, 9.17) is 0 Å². The van der Waals surface area contributed by atoms with Crippen molar-refractivity contribution in [3.05, 3.63) is 66.0 Å². The second-order valence-electron chi connectivity index (χ2n) is 6.64. The molecule has 0 aromatic heterocycles. The number of likely N-dealkylation sites (N-methyl/N-ethyl adjacent to an activating group) is 2. The Balaban J connectivity index is 1.92. The number of hydrogen-bond acceptors (Lipinski definition) is 2. The van der Waals surface area contributed by atoms with Crippen LogP contribution in [-0.4, -0.2) is 42.9 Å². The first-order valence-electron chi connectivity index (χ1n) is 9.11. The molecule has 0 heterocycles. The number of carbonyl (C=O) groups excluding carboxylic acids is 2. The molecule has 0 saturated carbocycles. The number of benzene rings is 2. The smallest absolute Gasteiger partial charge is 0.280 e. The van der Waals surface area contributed by atoms with Crippen molar-refractivity contribution >= 4 is 17.5 Å². The Labute approximate surface area is 159 Å². The van der Waals surface area contributed by atoms with Gasteiger partial charge in [0.1, 0.15) is 5.82 Å². The third-order valence-electron chi connectivity index (χ3n) is 4.57. The molecule has 0 aliphatic heterocycles. The average molecular weight is 372 g/mol. The molecule has 0 fully saturated rings. The van der Waals surface area contributed by atoms with Crippen LogP contribution in [0.25, 0.3) is 0 Å². The van der Waals surface area contributed by atoms with Gasteiger partial charge in [-0.25, -0.2) is 4.39 Å². The third-order valence-corrected chi connectivity index (χ3v) is 4.57. The van der Waals surface area contributed by atoms with Gasteiger partial charge in [-0.2, -0.15) is 0 Å². The lowest BCUT2D eigenvalue weighted by Gasteiger charge is -2.27. The quantitative estimate of drug-likeness (QED) is 0.741. The molecule has 0 bridgehead atoms. The van der Waals surface area contributed by atoms with Crippen LogP contribution in [0.1, 0.15) is 19.4 Å². The van der Waals surface area contributed by atoms with Crippen molar-refractivity contribution < 1.29 is 18.9 Å². The van der Waals surface area contributed by atoms with Gasteiger partial charge in [-0.05, 0) is 37.6 Å². The molecule has 2 atom stereocenters. The normalized spacial score (nSPS) is 12.9. The van der Waals surface area contributed by atoms with Crippen LogP contribution in [0.3, 0.4) is 0 Å². The van der Waals surface area contributed by atoms with Gasteiger partial charge in [0.2, 0.25) is 0 Å². The van der Waals surface area contributed by atoms with Crippen molar-refractivity contribution in [3.63, 3.8) is 0 Å². The zero-order valence-corrected chi connectivity index (χ0v) is 16.0. The molecule has 2 N–H and O–H groups in total. The third kappa shape index (κ3) is 6.18. The highest BCUT2D eigenvalue weighted by molar-refractivity contribution is 5.91. The first kappa shape index (κ1) is 20.6. The Bertz CT molecular complexity index is 767. The molecular formula is C21H27FN3O2+. The Hall–Kier alpha value is -2.73. The number of halogens is 1. The summed E-state index contributed by atoms with van der Waals surface area (Å²) in [6.45, 7) is 5.02. The van der Waals surface area contributed by atoms with E-state index in [9.17, 15) is 14.0 Å². The van der Waals surface area contributed by atoms with Gasteiger partial charge < -0.3 is 15.1 Å². The van der Waals surface area contributed by atoms with Crippen molar-refractivity contribution in [2.75, 3.05) is 25.5 Å². The highest BCUT2D eigenvalue weighted by Crippen LogP contribution is 2.08. The fraction of sp³-hybridized carbons (Fsp3) is 0.333. The number of nitrogens with zero attached hydrogens (tertiary/aromatic N) is 1. The minimum absolute atomic E-state index is 0.00240. The molecule has 2 rings (SSSR count). The van der Waals surface area contributed by atoms with E-state index in [0.717, 1.165) is 10.5 Å². The SMILES string of the molecule is CCN(Cc1ccccc1)C(=O)[C@@H](C)[NH+](C)CC(=O)Nc1cccc(F)c1. The van der Waals surface area contributed by atoms with E-state index in [1.807, 2.05) is 51.2 Å². The number of nitrogens with one attached hydrogen (secondary N) is 2. The molecule has 2 aromatic carbocycles. The van der Waals surface area contributed by atoms with Crippen LogP contribution in [0.15, 0.2) is 54.6 Å². The van der Waals surface area contributed by atoms with Crippen molar-refractivity contribution in [1.82, 2.24) is 4.90 Å². The lowest BCUT2D eigenvalue weighted by Crippen LogP contribution is -3.15. The predicted molar refractivity (Wildman–Crippen MR) is 104 cm³/mol. The van der Waals surface area contributed by atoms with Gasteiger partial charge in [-0.15, -0.1) is 0 Å². The number of amides is 2. The summed E-state index contributed by atoms with van der Waals surface area (Å²) < 4.78 is 13.2. The van der Waals surface area contributed by atoms with E-state index < -0.39 is 5.82 Å². The van der Waals surface area contributed by atoms with E-state index >= 15 is 0 Å². The van der Waals surface area contributed by atoms with E-state index in [0.29, 0.717) is 18.8 Å². The maximum absolute atomic E-state index is 13.2. The molecule has 5 nitrogen and oxygen atoms in total. The van der Waals surface area contributed by atoms with Crippen LogP contribution in [0.4, 0.5) is 10.1 Å². The lowest BCUT2D eigenvalue weighted by molar-refractivity contribution is -0.886. The van der Waals surface area contributed by atoms with Gasteiger partial charge in [-0.1, -0.05) is 36.4 Å². The summed E-state index contributed by atoms with van der Waals surface area (Å²) in [5.41, 5.74) is 1.48. The number of rotatable bonds is 8. The monoisotopic (exact) mass is 372 g/mol. The van der Waals surface area contributed by atoms with Gasteiger partial charge in [0.15, 0.2) is 12.6 Å². The first-order valence-corrected chi connectivity index (χ1v) is 9.11.